The van der Waals surface area contributed by atoms with Gasteiger partial charge in [-0.25, -0.2) is 8.42 Å². The summed E-state index contributed by atoms with van der Waals surface area (Å²) < 4.78 is 24.2. The fourth-order valence-electron chi connectivity index (χ4n) is 1.66. The van der Waals surface area contributed by atoms with E-state index in [1.165, 1.54) is 18.3 Å². The van der Waals surface area contributed by atoms with Crippen LogP contribution in [-0.4, -0.2) is 13.0 Å². The monoisotopic (exact) mass is 164 g/mol. The molecule has 0 heterocycles. The molecule has 0 aromatic carbocycles. The summed E-state index contributed by atoms with van der Waals surface area (Å²) in [7, 11) is -3.12. The first-order valence-corrected chi connectivity index (χ1v) is 4.66. The molecular formula is C6H12O3S. The lowest BCUT2D eigenvalue weighted by Gasteiger charge is -1.80. The Morgan fingerprint density at radius 3 is 1.70 bits per heavy atom. The van der Waals surface area contributed by atoms with Crippen molar-refractivity contribution in [2.24, 2.45) is 11.8 Å². The molecule has 2 aliphatic carbocycles. The normalized spacial score (nSPS) is 34.6. The Hall–Kier alpha value is -0.0900. The van der Waals surface area contributed by atoms with Gasteiger partial charge in [0.15, 0.2) is 0 Å². The zero-order valence-electron chi connectivity index (χ0n) is 5.69. The van der Waals surface area contributed by atoms with Crippen molar-refractivity contribution in [3.8, 4) is 0 Å². The highest BCUT2D eigenvalue weighted by Crippen LogP contribution is 2.51. The van der Waals surface area contributed by atoms with E-state index < -0.39 is 11.0 Å². The van der Waals surface area contributed by atoms with E-state index in [4.69, 9.17) is 13.0 Å². The third kappa shape index (κ3) is 2.66. The maximum absolute atomic E-state index is 8.59. The highest BCUT2D eigenvalue weighted by atomic mass is 32.2. The van der Waals surface area contributed by atoms with Crippen LogP contribution in [0.25, 0.3) is 0 Å². The Kier molecular flexibility index (Phi) is 2.68. The zero-order chi connectivity index (χ0) is 7.56. The highest BCUT2D eigenvalue weighted by molar-refractivity contribution is 7.66. The van der Waals surface area contributed by atoms with Gasteiger partial charge in [0.05, 0.1) is 0 Å². The van der Waals surface area contributed by atoms with Crippen molar-refractivity contribution in [1.82, 2.24) is 0 Å². The van der Waals surface area contributed by atoms with Crippen LogP contribution in [0, 0.1) is 11.8 Å². The van der Waals surface area contributed by atoms with Gasteiger partial charge in [0, 0.05) is 0 Å². The van der Waals surface area contributed by atoms with Crippen LogP contribution in [0.4, 0.5) is 0 Å². The molecule has 60 valence electrons. The summed E-state index contributed by atoms with van der Waals surface area (Å²) in [6.07, 6.45) is 6.24. The van der Waals surface area contributed by atoms with Gasteiger partial charge in [-0.2, -0.15) is 0 Å². The van der Waals surface area contributed by atoms with Crippen molar-refractivity contribution in [2.45, 2.75) is 25.7 Å². The van der Waals surface area contributed by atoms with Crippen molar-refractivity contribution >= 4 is 11.0 Å². The topological polar surface area (TPSA) is 54.4 Å². The van der Waals surface area contributed by atoms with Crippen LogP contribution in [0.3, 0.4) is 0 Å². The molecule has 0 saturated heterocycles. The third-order valence-electron chi connectivity index (χ3n) is 2.22. The summed E-state index contributed by atoms with van der Waals surface area (Å²) in [5.74, 6) is 2.43. The molecule has 0 radical (unpaired) electrons. The van der Waals surface area contributed by atoms with E-state index in [2.05, 4.69) is 0 Å². The predicted molar refractivity (Wildman–Crippen MR) is 38.4 cm³/mol. The molecule has 4 heteroatoms. The minimum Gasteiger partial charge on any atom is -0.288 e. The molecule has 0 amide bonds. The molecular weight excluding hydrogens is 152 g/mol. The number of hydrogen-bond donors (Lipinski definition) is 2. The van der Waals surface area contributed by atoms with Gasteiger partial charge < -0.3 is 0 Å². The van der Waals surface area contributed by atoms with E-state index in [9.17, 15) is 0 Å². The average molecular weight is 164 g/mol. The second-order valence-electron chi connectivity index (χ2n) is 2.92. The third-order valence-corrected chi connectivity index (χ3v) is 2.22. The summed E-state index contributed by atoms with van der Waals surface area (Å²) in [5, 5.41) is 0. The van der Waals surface area contributed by atoms with Crippen LogP contribution in [-0.2, 0) is 11.0 Å². The van der Waals surface area contributed by atoms with Crippen molar-refractivity contribution in [2.75, 3.05) is 0 Å². The second kappa shape index (κ2) is 3.34. The van der Waals surface area contributed by atoms with Gasteiger partial charge in [0.1, 0.15) is 0 Å². The highest BCUT2D eigenvalue weighted by Gasteiger charge is 2.40. The van der Waals surface area contributed by atoms with E-state index >= 15 is 0 Å². The number of fused-ring (bicyclic) bond motifs is 1. The summed E-state index contributed by atoms with van der Waals surface area (Å²) >= 11 is 0. The Morgan fingerprint density at radius 2 is 1.60 bits per heavy atom. The number of rotatable bonds is 0. The van der Waals surface area contributed by atoms with Crippen LogP contribution < -0.4 is 0 Å². The van der Waals surface area contributed by atoms with Crippen molar-refractivity contribution in [3.63, 3.8) is 0 Å². The molecule has 2 unspecified atom stereocenters. The molecule has 3 nitrogen and oxygen atoms in total. The van der Waals surface area contributed by atoms with E-state index in [-0.39, 0.29) is 0 Å². The molecule has 2 aliphatic rings. The van der Waals surface area contributed by atoms with E-state index in [0.717, 1.165) is 0 Å². The quantitative estimate of drug-likeness (QED) is 0.412. The largest absolute Gasteiger partial charge is 0.288 e. The predicted octanol–water partition coefficient (Wildman–Crippen LogP) is 0.877. The van der Waals surface area contributed by atoms with Crippen LogP contribution >= 0.6 is 0 Å². The molecule has 1 N–H and O–H groups in total. The van der Waals surface area contributed by atoms with Gasteiger partial charge in [-0.15, -0.1) is 0 Å². The minimum absolute atomic E-state index is 1.21. The Bertz CT molecular complexity index is 160. The van der Waals surface area contributed by atoms with Crippen LogP contribution in [0.5, 0.6) is 0 Å². The van der Waals surface area contributed by atoms with Gasteiger partial charge in [-0.1, -0.05) is 19.3 Å². The standard InChI is InChI=1S/C6H10.H2O3S/c1-2-5-4-6(5)3-1;1-4(2)3/h5-6H,1-4H2;4H,(H,1,2,3). The van der Waals surface area contributed by atoms with Crippen molar-refractivity contribution in [3.05, 3.63) is 0 Å². The first-order chi connectivity index (χ1) is 4.70. The molecule has 2 rings (SSSR count). The Labute approximate surface area is 62.2 Å². The summed E-state index contributed by atoms with van der Waals surface area (Å²) in [5.41, 5.74) is 0. The summed E-state index contributed by atoms with van der Waals surface area (Å²) in [6, 6.07) is 0. The first-order valence-electron chi connectivity index (χ1n) is 3.53. The van der Waals surface area contributed by atoms with E-state index in [1.54, 1.807) is 19.3 Å². The maximum atomic E-state index is 8.59. The molecule has 0 aromatic rings. The first kappa shape index (κ1) is 8.01. The van der Waals surface area contributed by atoms with Gasteiger partial charge in [0.25, 0.3) is 11.0 Å². The fourth-order valence-corrected chi connectivity index (χ4v) is 1.66. The SMILES string of the molecule is C1CC2CC2C1.O=[SH](=O)O. The number of thiol groups is 1. The van der Waals surface area contributed by atoms with Crippen LogP contribution in [0.15, 0.2) is 0 Å². The van der Waals surface area contributed by atoms with E-state index in [1.807, 2.05) is 0 Å². The van der Waals surface area contributed by atoms with Crippen molar-refractivity contribution < 1.29 is 13.0 Å². The number of hydrogen-bond acceptors (Lipinski definition) is 2. The molecule has 0 bridgehead atoms. The molecule has 0 aromatic heterocycles. The molecule has 2 saturated carbocycles. The van der Waals surface area contributed by atoms with Gasteiger partial charge >= 0.3 is 0 Å². The molecule has 10 heavy (non-hydrogen) atoms. The average Bonchev–Trinajstić information content (AvgIpc) is 2.40. The van der Waals surface area contributed by atoms with Gasteiger partial charge in [-0.05, 0) is 18.3 Å². The Balaban J connectivity index is 0.000000112. The van der Waals surface area contributed by atoms with Crippen molar-refractivity contribution in [1.29, 1.82) is 0 Å². The van der Waals surface area contributed by atoms with Crippen LogP contribution in [0.2, 0.25) is 0 Å². The lowest BCUT2D eigenvalue weighted by atomic mass is 10.3. The van der Waals surface area contributed by atoms with Gasteiger partial charge in [-0.3, -0.25) is 4.55 Å². The minimum atomic E-state index is -3.12. The zero-order valence-corrected chi connectivity index (χ0v) is 6.59. The fraction of sp³-hybridized carbons (Fsp3) is 1.00. The summed E-state index contributed by atoms with van der Waals surface area (Å²) in [4.78, 5) is 0. The smallest absolute Gasteiger partial charge is 0.254 e. The lowest BCUT2D eigenvalue weighted by Crippen LogP contribution is -1.64. The molecule has 2 fully saturated rings. The maximum Gasteiger partial charge on any atom is 0.254 e. The van der Waals surface area contributed by atoms with E-state index in [0.29, 0.717) is 0 Å². The lowest BCUT2D eigenvalue weighted by molar-refractivity contribution is 0.509. The van der Waals surface area contributed by atoms with Crippen LogP contribution in [0.1, 0.15) is 25.7 Å². The molecule has 0 spiro atoms. The molecule has 0 aliphatic heterocycles. The Morgan fingerprint density at radius 1 is 1.20 bits per heavy atom. The molecule has 2 atom stereocenters. The van der Waals surface area contributed by atoms with Gasteiger partial charge in [0.2, 0.25) is 0 Å². The summed E-state index contributed by atoms with van der Waals surface area (Å²) in [6.45, 7) is 0. The second-order valence-corrected chi connectivity index (χ2v) is 3.40.